The summed E-state index contributed by atoms with van der Waals surface area (Å²) in [6.45, 7) is 2.76. The van der Waals surface area contributed by atoms with Gasteiger partial charge in [0.05, 0.1) is 36.7 Å². The van der Waals surface area contributed by atoms with E-state index in [4.69, 9.17) is 9.72 Å². The minimum atomic E-state index is -0.209. The molecule has 0 atom stereocenters. The average molecular weight is 523 g/mol. The molecule has 0 aliphatic rings. The van der Waals surface area contributed by atoms with Gasteiger partial charge in [0, 0.05) is 10.0 Å². The van der Waals surface area contributed by atoms with Crippen LogP contribution < -0.4 is 10.2 Å². The van der Waals surface area contributed by atoms with Crippen molar-refractivity contribution in [2.75, 3.05) is 12.9 Å². The number of rotatable bonds is 8. The molecule has 0 saturated carbocycles. The third-order valence-corrected chi connectivity index (χ3v) is 6.47. The highest BCUT2D eigenvalue weighted by Gasteiger charge is 2.13. The van der Waals surface area contributed by atoms with Crippen LogP contribution in [0.4, 0.5) is 0 Å². The summed E-state index contributed by atoms with van der Waals surface area (Å²) >= 11 is 4.82. The number of hydrogen-bond acceptors (Lipinski definition) is 5. The first-order valence-corrected chi connectivity index (χ1v) is 12.1. The van der Waals surface area contributed by atoms with Gasteiger partial charge in [0.1, 0.15) is 5.75 Å². The molecule has 0 aliphatic heterocycles. The van der Waals surface area contributed by atoms with Crippen molar-refractivity contribution in [3.05, 3.63) is 87.9 Å². The minimum Gasteiger partial charge on any atom is -0.496 e. The van der Waals surface area contributed by atoms with E-state index in [2.05, 4.69) is 68.3 Å². The molecule has 6 nitrogen and oxygen atoms in total. The van der Waals surface area contributed by atoms with Crippen LogP contribution in [-0.2, 0) is 11.3 Å². The van der Waals surface area contributed by atoms with Crippen molar-refractivity contribution in [1.29, 1.82) is 0 Å². The quantitative estimate of drug-likeness (QED) is 0.191. The van der Waals surface area contributed by atoms with Crippen LogP contribution in [0.3, 0.4) is 0 Å². The Morgan fingerprint density at radius 3 is 2.76 bits per heavy atom. The summed E-state index contributed by atoms with van der Waals surface area (Å²) in [6, 6.07) is 22.1. The Kier molecular flexibility index (Phi) is 7.47. The summed E-state index contributed by atoms with van der Waals surface area (Å²) < 4.78 is 8.37. The zero-order chi connectivity index (χ0) is 23.2. The largest absolute Gasteiger partial charge is 0.496 e. The van der Waals surface area contributed by atoms with Crippen molar-refractivity contribution in [1.82, 2.24) is 15.0 Å². The van der Waals surface area contributed by atoms with Gasteiger partial charge in [0.25, 0.3) is 5.91 Å². The second kappa shape index (κ2) is 10.7. The number of benzene rings is 3. The van der Waals surface area contributed by atoms with Gasteiger partial charge in [0.15, 0.2) is 5.16 Å². The normalized spacial score (nSPS) is 11.2. The number of thioether (sulfide) groups is 1. The standard InChI is InChI=1S/C25H23BrN4O2S/c1-17-7-9-18(10-8-17)15-30-22-6-4-3-5-21(22)28-25(30)33-16-24(31)29-27-14-19-13-20(26)11-12-23(19)32-2/h3-14H,15-16H2,1-2H3,(H,29,31)/b27-14-. The van der Waals surface area contributed by atoms with E-state index in [1.165, 1.54) is 22.9 Å². The molecule has 0 radical (unpaired) electrons. The summed E-state index contributed by atoms with van der Waals surface area (Å²) in [7, 11) is 1.60. The van der Waals surface area contributed by atoms with E-state index in [0.717, 1.165) is 26.2 Å². The molecular formula is C25H23BrN4O2S. The molecule has 4 aromatic rings. The van der Waals surface area contributed by atoms with Crippen molar-refractivity contribution in [2.45, 2.75) is 18.6 Å². The van der Waals surface area contributed by atoms with E-state index in [9.17, 15) is 4.79 Å². The smallest absolute Gasteiger partial charge is 0.250 e. The lowest BCUT2D eigenvalue weighted by atomic mass is 10.1. The van der Waals surface area contributed by atoms with E-state index in [0.29, 0.717) is 12.3 Å². The number of ether oxygens (including phenoxy) is 1. The summed E-state index contributed by atoms with van der Waals surface area (Å²) in [4.78, 5) is 17.2. The zero-order valence-corrected chi connectivity index (χ0v) is 20.7. The predicted molar refractivity (Wildman–Crippen MR) is 137 cm³/mol. The third kappa shape index (κ3) is 5.83. The van der Waals surface area contributed by atoms with E-state index in [1.54, 1.807) is 13.3 Å². The van der Waals surface area contributed by atoms with Crippen LogP contribution in [0.1, 0.15) is 16.7 Å². The van der Waals surface area contributed by atoms with Crippen LogP contribution in [0.2, 0.25) is 0 Å². The monoisotopic (exact) mass is 522 g/mol. The van der Waals surface area contributed by atoms with Gasteiger partial charge in [-0.15, -0.1) is 0 Å². The van der Waals surface area contributed by atoms with Gasteiger partial charge in [0.2, 0.25) is 0 Å². The molecule has 1 amide bonds. The fourth-order valence-corrected chi connectivity index (χ4v) is 4.52. The SMILES string of the molecule is COc1ccc(Br)cc1/C=N\NC(=O)CSc1nc2ccccc2n1Cc1ccc(C)cc1. The maximum absolute atomic E-state index is 12.4. The maximum Gasteiger partial charge on any atom is 0.250 e. The van der Waals surface area contributed by atoms with Crippen LogP contribution in [0, 0.1) is 6.92 Å². The summed E-state index contributed by atoms with van der Waals surface area (Å²) in [5.74, 6) is 0.666. The zero-order valence-electron chi connectivity index (χ0n) is 18.3. The number of carbonyl (C=O) groups excluding carboxylic acids is 1. The molecule has 1 heterocycles. The Morgan fingerprint density at radius 1 is 1.18 bits per heavy atom. The highest BCUT2D eigenvalue weighted by atomic mass is 79.9. The lowest BCUT2D eigenvalue weighted by Gasteiger charge is -2.09. The Hall–Kier alpha value is -3.10. The maximum atomic E-state index is 12.4. The van der Waals surface area contributed by atoms with Gasteiger partial charge < -0.3 is 9.30 Å². The summed E-state index contributed by atoms with van der Waals surface area (Å²) in [5, 5.41) is 4.87. The molecule has 0 saturated heterocycles. The molecule has 1 N–H and O–H groups in total. The number of fused-ring (bicyclic) bond motifs is 1. The van der Waals surface area contributed by atoms with E-state index in [-0.39, 0.29) is 11.7 Å². The van der Waals surface area contributed by atoms with Crippen molar-refractivity contribution in [2.24, 2.45) is 5.10 Å². The lowest BCUT2D eigenvalue weighted by Crippen LogP contribution is -2.20. The van der Waals surface area contributed by atoms with Gasteiger partial charge >= 0.3 is 0 Å². The fourth-order valence-electron chi connectivity index (χ4n) is 3.33. The molecule has 8 heteroatoms. The predicted octanol–water partition coefficient (Wildman–Crippen LogP) is 5.41. The number of carbonyl (C=O) groups is 1. The number of halogens is 1. The Bertz CT molecular complexity index is 1300. The third-order valence-electron chi connectivity index (χ3n) is 5.00. The summed E-state index contributed by atoms with van der Waals surface area (Å²) in [5.41, 5.74) is 7.71. The van der Waals surface area contributed by atoms with E-state index >= 15 is 0 Å². The fraction of sp³-hybridized carbons (Fsp3) is 0.160. The highest BCUT2D eigenvalue weighted by molar-refractivity contribution is 9.10. The van der Waals surface area contributed by atoms with Crippen molar-refractivity contribution < 1.29 is 9.53 Å². The van der Waals surface area contributed by atoms with Gasteiger partial charge in [-0.2, -0.15) is 5.10 Å². The first-order chi connectivity index (χ1) is 16.0. The molecule has 0 fully saturated rings. The van der Waals surface area contributed by atoms with Gasteiger partial charge in [-0.3, -0.25) is 4.79 Å². The van der Waals surface area contributed by atoms with Crippen molar-refractivity contribution in [3.8, 4) is 5.75 Å². The molecule has 0 bridgehead atoms. The molecule has 3 aromatic carbocycles. The molecule has 168 valence electrons. The topological polar surface area (TPSA) is 68.5 Å². The van der Waals surface area contributed by atoms with Crippen LogP contribution in [0.25, 0.3) is 11.0 Å². The number of amides is 1. The summed E-state index contributed by atoms with van der Waals surface area (Å²) in [6.07, 6.45) is 1.57. The minimum absolute atomic E-state index is 0.199. The second-order valence-electron chi connectivity index (χ2n) is 7.42. The van der Waals surface area contributed by atoms with Gasteiger partial charge in [-0.1, -0.05) is 69.7 Å². The molecule has 0 spiro atoms. The lowest BCUT2D eigenvalue weighted by molar-refractivity contribution is -0.118. The molecule has 0 unspecified atom stereocenters. The number of imidazole rings is 1. The van der Waals surface area contributed by atoms with Crippen LogP contribution in [0.15, 0.2) is 81.5 Å². The van der Waals surface area contributed by atoms with Crippen molar-refractivity contribution >= 4 is 50.8 Å². The Morgan fingerprint density at radius 2 is 1.97 bits per heavy atom. The van der Waals surface area contributed by atoms with Crippen LogP contribution in [-0.4, -0.2) is 34.5 Å². The van der Waals surface area contributed by atoms with Crippen LogP contribution in [0.5, 0.6) is 5.75 Å². The number of hydrazone groups is 1. The number of methoxy groups -OCH3 is 1. The Labute approximate surface area is 205 Å². The molecule has 4 rings (SSSR count). The number of hydrogen-bond donors (Lipinski definition) is 1. The average Bonchev–Trinajstić information content (AvgIpc) is 3.16. The van der Waals surface area contributed by atoms with Crippen LogP contribution >= 0.6 is 27.7 Å². The molecular weight excluding hydrogens is 500 g/mol. The van der Waals surface area contributed by atoms with Gasteiger partial charge in [-0.05, 0) is 42.8 Å². The Balaban J connectivity index is 1.45. The number of aromatic nitrogens is 2. The first-order valence-electron chi connectivity index (χ1n) is 10.3. The number of aryl methyl sites for hydroxylation is 1. The first kappa shape index (κ1) is 23.1. The van der Waals surface area contributed by atoms with Gasteiger partial charge in [-0.25, -0.2) is 10.4 Å². The molecule has 0 aliphatic carbocycles. The van der Waals surface area contributed by atoms with E-state index in [1.807, 2.05) is 36.4 Å². The van der Waals surface area contributed by atoms with Crippen molar-refractivity contribution in [3.63, 3.8) is 0 Å². The highest BCUT2D eigenvalue weighted by Crippen LogP contribution is 2.25. The number of nitrogens with zero attached hydrogens (tertiary/aromatic N) is 3. The second-order valence-corrected chi connectivity index (χ2v) is 9.28. The van der Waals surface area contributed by atoms with E-state index < -0.39 is 0 Å². The molecule has 1 aromatic heterocycles. The number of para-hydroxylation sites is 2. The number of nitrogens with one attached hydrogen (secondary N) is 1. The molecule has 33 heavy (non-hydrogen) atoms.